The second-order valence-corrected chi connectivity index (χ2v) is 4.32. The molecule has 1 aromatic rings. The zero-order valence-corrected chi connectivity index (χ0v) is 10.8. The van der Waals surface area contributed by atoms with E-state index in [9.17, 15) is 9.59 Å². The van der Waals surface area contributed by atoms with E-state index in [0.717, 1.165) is 15.6 Å². The molecule has 0 aromatic heterocycles. The van der Waals surface area contributed by atoms with Crippen LogP contribution in [0.4, 0.5) is 0 Å². The summed E-state index contributed by atoms with van der Waals surface area (Å²) in [5.41, 5.74) is 1.98. The molecule has 0 unspecified atom stereocenters. The predicted octanol–water partition coefficient (Wildman–Crippen LogP) is 1.97. The average molecular weight is 298 g/mol. The van der Waals surface area contributed by atoms with Crippen LogP contribution in [0.1, 0.15) is 11.1 Å². The van der Waals surface area contributed by atoms with Crippen molar-refractivity contribution in [3.8, 4) is 0 Å². The number of aliphatic carboxylic acids is 1. The number of rotatable bonds is 4. The molecule has 90 valence electrons. The van der Waals surface area contributed by atoms with Gasteiger partial charge in [0.1, 0.15) is 6.54 Å². The van der Waals surface area contributed by atoms with Gasteiger partial charge in [-0.25, -0.2) is 0 Å². The molecule has 0 aliphatic heterocycles. The van der Waals surface area contributed by atoms with E-state index >= 15 is 0 Å². The van der Waals surface area contributed by atoms with Crippen LogP contribution in [0.25, 0.3) is 6.08 Å². The van der Waals surface area contributed by atoms with Gasteiger partial charge in [-0.2, -0.15) is 0 Å². The standard InChI is InChI=1S/C12H12BrNO3/c1-8-2-3-9(10(13)6-8)4-5-11(15)14-7-12(16)17/h2-6H,7H2,1H3,(H,14,15)(H,16,17)/b5-4+. The monoisotopic (exact) mass is 297 g/mol. The molecule has 1 rings (SSSR count). The van der Waals surface area contributed by atoms with E-state index in [1.54, 1.807) is 6.08 Å². The number of carbonyl (C=O) groups excluding carboxylic acids is 1. The molecule has 0 saturated heterocycles. The Kier molecular flexibility index (Phi) is 4.90. The zero-order valence-electron chi connectivity index (χ0n) is 9.24. The molecule has 1 aromatic carbocycles. The summed E-state index contributed by atoms with van der Waals surface area (Å²) in [6.45, 7) is 1.59. The summed E-state index contributed by atoms with van der Waals surface area (Å²) in [5.74, 6) is -1.50. The molecule has 1 amide bonds. The highest BCUT2D eigenvalue weighted by molar-refractivity contribution is 9.10. The second kappa shape index (κ2) is 6.20. The van der Waals surface area contributed by atoms with Gasteiger partial charge in [0.25, 0.3) is 0 Å². The minimum Gasteiger partial charge on any atom is -0.480 e. The number of nitrogens with one attached hydrogen (secondary N) is 1. The van der Waals surface area contributed by atoms with Crippen LogP contribution in [0.2, 0.25) is 0 Å². The quantitative estimate of drug-likeness (QED) is 0.835. The average Bonchev–Trinajstić information content (AvgIpc) is 2.25. The van der Waals surface area contributed by atoms with Crippen LogP contribution in [0.5, 0.6) is 0 Å². The van der Waals surface area contributed by atoms with Gasteiger partial charge in [-0.1, -0.05) is 28.1 Å². The van der Waals surface area contributed by atoms with Crippen molar-refractivity contribution >= 4 is 33.9 Å². The molecule has 0 heterocycles. The number of carboxylic acid groups (broad SMARTS) is 1. The Morgan fingerprint density at radius 1 is 1.47 bits per heavy atom. The van der Waals surface area contributed by atoms with Gasteiger partial charge in [-0.05, 0) is 30.2 Å². The molecule has 0 radical (unpaired) electrons. The number of carbonyl (C=O) groups is 2. The molecule has 4 nitrogen and oxygen atoms in total. The Balaban J connectivity index is 2.64. The lowest BCUT2D eigenvalue weighted by Crippen LogP contribution is -2.27. The molecule has 17 heavy (non-hydrogen) atoms. The number of hydrogen-bond acceptors (Lipinski definition) is 2. The van der Waals surface area contributed by atoms with Gasteiger partial charge < -0.3 is 10.4 Å². The molecular formula is C12H12BrNO3. The van der Waals surface area contributed by atoms with Crippen molar-refractivity contribution in [3.05, 3.63) is 39.9 Å². The third kappa shape index (κ3) is 4.82. The summed E-state index contributed by atoms with van der Waals surface area (Å²) in [6.07, 6.45) is 2.93. The van der Waals surface area contributed by atoms with Gasteiger partial charge in [0, 0.05) is 10.5 Å². The van der Waals surface area contributed by atoms with Gasteiger partial charge >= 0.3 is 5.97 Å². The topological polar surface area (TPSA) is 66.4 Å². The Labute approximate surface area is 107 Å². The molecule has 2 N–H and O–H groups in total. The van der Waals surface area contributed by atoms with E-state index in [-0.39, 0.29) is 6.54 Å². The Morgan fingerprint density at radius 3 is 2.76 bits per heavy atom. The van der Waals surface area contributed by atoms with Crippen LogP contribution in [0, 0.1) is 6.92 Å². The van der Waals surface area contributed by atoms with Crippen LogP contribution in [0.15, 0.2) is 28.7 Å². The number of benzene rings is 1. The second-order valence-electron chi connectivity index (χ2n) is 3.47. The SMILES string of the molecule is Cc1ccc(/C=C/C(=O)NCC(=O)O)c(Br)c1. The van der Waals surface area contributed by atoms with Crippen LogP contribution in [0.3, 0.4) is 0 Å². The molecule has 0 bridgehead atoms. The first-order chi connectivity index (χ1) is 7.99. The minimum absolute atomic E-state index is 0.377. The van der Waals surface area contributed by atoms with Crippen molar-refractivity contribution in [2.45, 2.75) is 6.92 Å². The van der Waals surface area contributed by atoms with Crippen LogP contribution in [-0.4, -0.2) is 23.5 Å². The Hall–Kier alpha value is -1.62. The van der Waals surface area contributed by atoms with Gasteiger partial charge in [0.05, 0.1) is 0 Å². The summed E-state index contributed by atoms with van der Waals surface area (Å²) in [4.78, 5) is 21.4. The number of halogens is 1. The molecule has 0 aliphatic carbocycles. The van der Waals surface area contributed by atoms with Crippen molar-refractivity contribution in [2.24, 2.45) is 0 Å². The van der Waals surface area contributed by atoms with Crippen molar-refractivity contribution in [1.29, 1.82) is 0 Å². The van der Waals surface area contributed by atoms with Crippen molar-refractivity contribution < 1.29 is 14.7 Å². The van der Waals surface area contributed by atoms with E-state index in [0.29, 0.717) is 0 Å². The first kappa shape index (κ1) is 13.4. The van der Waals surface area contributed by atoms with Crippen molar-refractivity contribution in [3.63, 3.8) is 0 Å². The van der Waals surface area contributed by atoms with Gasteiger partial charge in [0.15, 0.2) is 0 Å². The van der Waals surface area contributed by atoms with Crippen molar-refractivity contribution in [1.82, 2.24) is 5.32 Å². The molecular weight excluding hydrogens is 286 g/mol. The van der Waals surface area contributed by atoms with Crippen LogP contribution >= 0.6 is 15.9 Å². The molecule has 0 atom stereocenters. The molecule has 0 fully saturated rings. The minimum atomic E-state index is -1.07. The largest absolute Gasteiger partial charge is 0.480 e. The van der Waals surface area contributed by atoms with E-state index in [2.05, 4.69) is 21.2 Å². The van der Waals surface area contributed by atoms with E-state index in [1.807, 2.05) is 25.1 Å². The van der Waals surface area contributed by atoms with Crippen LogP contribution < -0.4 is 5.32 Å². The highest BCUT2D eigenvalue weighted by Gasteiger charge is 2.00. The van der Waals surface area contributed by atoms with Gasteiger partial charge in [-0.15, -0.1) is 0 Å². The highest BCUT2D eigenvalue weighted by atomic mass is 79.9. The zero-order chi connectivity index (χ0) is 12.8. The summed E-state index contributed by atoms with van der Waals surface area (Å²) in [6, 6.07) is 5.74. The Morgan fingerprint density at radius 2 is 2.18 bits per heavy atom. The molecule has 5 heteroatoms. The fourth-order valence-corrected chi connectivity index (χ4v) is 1.78. The van der Waals surface area contributed by atoms with E-state index < -0.39 is 11.9 Å². The predicted molar refractivity (Wildman–Crippen MR) is 68.6 cm³/mol. The molecule has 0 saturated carbocycles. The fraction of sp³-hybridized carbons (Fsp3) is 0.167. The Bertz CT molecular complexity index is 469. The smallest absolute Gasteiger partial charge is 0.322 e. The van der Waals surface area contributed by atoms with Gasteiger partial charge in [0.2, 0.25) is 5.91 Å². The first-order valence-corrected chi connectivity index (χ1v) is 5.72. The third-order valence-electron chi connectivity index (χ3n) is 1.98. The van der Waals surface area contributed by atoms with E-state index in [4.69, 9.17) is 5.11 Å². The van der Waals surface area contributed by atoms with Gasteiger partial charge in [-0.3, -0.25) is 9.59 Å². The lowest BCUT2D eigenvalue weighted by Gasteiger charge is -2.00. The number of hydrogen-bond donors (Lipinski definition) is 2. The maximum atomic E-state index is 11.2. The third-order valence-corrected chi connectivity index (χ3v) is 2.67. The number of amides is 1. The van der Waals surface area contributed by atoms with Crippen molar-refractivity contribution in [2.75, 3.05) is 6.54 Å². The van der Waals surface area contributed by atoms with Crippen LogP contribution in [-0.2, 0) is 9.59 Å². The summed E-state index contributed by atoms with van der Waals surface area (Å²) < 4.78 is 0.889. The molecule has 0 spiro atoms. The highest BCUT2D eigenvalue weighted by Crippen LogP contribution is 2.19. The number of aryl methyl sites for hydroxylation is 1. The number of carboxylic acids is 1. The molecule has 0 aliphatic rings. The summed E-state index contributed by atoms with van der Waals surface area (Å²) >= 11 is 3.38. The normalized spacial score (nSPS) is 10.5. The first-order valence-electron chi connectivity index (χ1n) is 4.93. The lowest BCUT2D eigenvalue weighted by molar-refractivity contribution is -0.137. The fourth-order valence-electron chi connectivity index (χ4n) is 1.15. The summed E-state index contributed by atoms with van der Waals surface area (Å²) in [7, 11) is 0. The maximum absolute atomic E-state index is 11.2. The van der Waals surface area contributed by atoms with E-state index in [1.165, 1.54) is 6.08 Å². The maximum Gasteiger partial charge on any atom is 0.322 e. The lowest BCUT2D eigenvalue weighted by atomic mass is 10.1. The summed E-state index contributed by atoms with van der Waals surface area (Å²) in [5, 5.41) is 10.6.